The van der Waals surface area contributed by atoms with E-state index in [2.05, 4.69) is 86.7 Å². The zero-order valence-corrected chi connectivity index (χ0v) is 13.9. The van der Waals surface area contributed by atoms with Gasteiger partial charge in [0.2, 0.25) is 0 Å². The Balaban J connectivity index is 1.87. The minimum atomic E-state index is 1.30. The molecule has 114 valence electrons. The van der Waals surface area contributed by atoms with E-state index in [0.29, 0.717) is 0 Å². The maximum atomic E-state index is 2.35. The zero-order chi connectivity index (χ0) is 16.3. The van der Waals surface area contributed by atoms with Gasteiger partial charge in [-0.3, -0.25) is 0 Å². The second-order valence-corrected chi connectivity index (χ2v) is 6.81. The van der Waals surface area contributed by atoms with Gasteiger partial charge < -0.3 is 0 Å². The fourth-order valence-electron chi connectivity index (χ4n) is 3.96. The second-order valence-electron chi connectivity index (χ2n) is 6.81. The predicted molar refractivity (Wildman–Crippen MR) is 103 cm³/mol. The normalized spacial score (nSPS) is 14.3. The zero-order valence-electron chi connectivity index (χ0n) is 13.9. The Morgan fingerprint density at radius 3 is 2.17 bits per heavy atom. The van der Waals surface area contributed by atoms with Crippen molar-refractivity contribution in [3.63, 3.8) is 0 Å². The summed E-state index contributed by atoms with van der Waals surface area (Å²) in [5, 5.41) is 0. The predicted octanol–water partition coefficient (Wildman–Crippen LogP) is 6.13. The molecule has 0 heterocycles. The molecule has 24 heavy (non-hydrogen) atoms. The number of hydrogen-bond donors (Lipinski definition) is 0. The van der Waals surface area contributed by atoms with E-state index in [-0.39, 0.29) is 0 Å². The number of fused-ring (bicyclic) bond motifs is 5. The van der Waals surface area contributed by atoms with E-state index in [0.717, 1.165) is 0 Å². The van der Waals surface area contributed by atoms with Crippen molar-refractivity contribution in [1.29, 1.82) is 0 Å². The van der Waals surface area contributed by atoms with Gasteiger partial charge in [-0.25, -0.2) is 0 Å². The van der Waals surface area contributed by atoms with Gasteiger partial charge in [-0.15, -0.1) is 0 Å². The molecule has 2 aliphatic rings. The van der Waals surface area contributed by atoms with E-state index >= 15 is 0 Å². The van der Waals surface area contributed by atoms with Crippen LogP contribution < -0.4 is 0 Å². The lowest BCUT2D eigenvalue weighted by Crippen LogP contribution is -1.91. The van der Waals surface area contributed by atoms with Gasteiger partial charge in [0.25, 0.3) is 0 Å². The highest BCUT2D eigenvalue weighted by atomic mass is 14.3. The van der Waals surface area contributed by atoms with Gasteiger partial charge in [0.15, 0.2) is 0 Å². The quantitative estimate of drug-likeness (QED) is 0.507. The molecule has 3 aromatic rings. The van der Waals surface area contributed by atoms with Crippen LogP contribution in [0.5, 0.6) is 0 Å². The SMILES string of the molecule is Cc1ccc(C2=C3C(=Cc4ccccc43)c3ccc(C)cc32)cc1. The molecule has 0 saturated heterocycles. The molecule has 0 atom stereocenters. The highest BCUT2D eigenvalue weighted by Gasteiger charge is 2.32. The van der Waals surface area contributed by atoms with Crippen molar-refractivity contribution in [1.82, 2.24) is 0 Å². The Labute approximate surface area is 142 Å². The molecule has 0 unspecified atom stereocenters. The van der Waals surface area contributed by atoms with Gasteiger partial charge in [-0.1, -0.05) is 77.9 Å². The average Bonchev–Trinajstić information content (AvgIpc) is 3.10. The highest BCUT2D eigenvalue weighted by molar-refractivity contribution is 6.31. The number of rotatable bonds is 1. The molecule has 0 N–H and O–H groups in total. The van der Waals surface area contributed by atoms with Crippen LogP contribution in [0.3, 0.4) is 0 Å². The van der Waals surface area contributed by atoms with Crippen LogP contribution in [-0.2, 0) is 0 Å². The fourth-order valence-corrected chi connectivity index (χ4v) is 3.96. The Morgan fingerprint density at radius 2 is 1.33 bits per heavy atom. The lowest BCUT2D eigenvalue weighted by molar-refractivity contribution is 1.42. The van der Waals surface area contributed by atoms with Crippen LogP contribution in [0.2, 0.25) is 0 Å². The van der Waals surface area contributed by atoms with Gasteiger partial charge in [0.05, 0.1) is 0 Å². The summed E-state index contributed by atoms with van der Waals surface area (Å²) in [5.74, 6) is 0. The van der Waals surface area contributed by atoms with Crippen LogP contribution in [0.25, 0.3) is 22.8 Å². The molecule has 0 spiro atoms. The molecule has 0 nitrogen and oxygen atoms in total. The second kappa shape index (κ2) is 4.82. The number of benzene rings is 3. The molecular formula is C24H18. The first kappa shape index (κ1) is 13.6. The van der Waals surface area contributed by atoms with E-state index in [1.807, 2.05) is 0 Å². The van der Waals surface area contributed by atoms with E-state index in [1.165, 1.54) is 55.7 Å². The molecule has 0 heteroatoms. The number of hydrogen-bond acceptors (Lipinski definition) is 0. The molecule has 5 rings (SSSR count). The number of allylic oxidation sites excluding steroid dienone is 2. The van der Waals surface area contributed by atoms with Crippen LogP contribution in [0.4, 0.5) is 0 Å². The Bertz CT molecular complexity index is 1040. The van der Waals surface area contributed by atoms with E-state index < -0.39 is 0 Å². The van der Waals surface area contributed by atoms with Crippen molar-refractivity contribution in [3.05, 3.63) is 106 Å². The largest absolute Gasteiger partial charge is 0.0616 e. The van der Waals surface area contributed by atoms with Crippen molar-refractivity contribution < 1.29 is 0 Å². The molecule has 0 aliphatic heterocycles. The Morgan fingerprint density at radius 1 is 0.583 bits per heavy atom. The Kier molecular flexibility index (Phi) is 2.72. The molecular weight excluding hydrogens is 288 g/mol. The van der Waals surface area contributed by atoms with Gasteiger partial charge in [-0.05, 0) is 64.5 Å². The van der Waals surface area contributed by atoms with E-state index in [4.69, 9.17) is 0 Å². The van der Waals surface area contributed by atoms with Crippen molar-refractivity contribution in [2.45, 2.75) is 13.8 Å². The monoisotopic (exact) mass is 306 g/mol. The van der Waals surface area contributed by atoms with Crippen molar-refractivity contribution in [2.75, 3.05) is 0 Å². The van der Waals surface area contributed by atoms with Crippen LogP contribution >= 0.6 is 0 Å². The lowest BCUT2D eigenvalue weighted by atomic mass is 9.93. The smallest absolute Gasteiger partial charge is 0.00141 e. The summed E-state index contributed by atoms with van der Waals surface area (Å²) in [4.78, 5) is 0. The van der Waals surface area contributed by atoms with E-state index in [1.54, 1.807) is 0 Å². The minimum Gasteiger partial charge on any atom is -0.0616 e. The summed E-state index contributed by atoms with van der Waals surface area (Å²) < 4.78 is 0. The van der Waals surface area contributed by atoms with Gasteiger partial charge in [0, 0.05) is 0 Å². The topological polar surface area (TPSA) is 0 Å². The summed E-state index contributed by atoms with van der Waals surface area (Å²) in [7, 11) is 0. The lowest BCUT2D eigenvalue weighted by Gasteiger charge is -2.10. The minimum absolute atomic E-state index is 1.30. The van der Waals surface area contributed by atoms with Crippen molar-refractivity contribution >= 4 is 22.8 Å². The maximum Gasteiger partial charge on any atom is -0.00141 e. The summed E-state index contributed by atoms with van der Waals surface area (Å²) in [6.07, 6.45) is 2.35. The van der Waals surface area contributed by atoms with Crippen LogP contribution in [0, 0.1) is 13.8 Å². The Hall–Kier alpha value is -2.86. The van der Waals surface area contributed by atoms with Crippen LogP contribution in [0.15, 0.2) is 66.7 Å². The molecule has 0 fully saturated rings. The van der Waals surface area contributed by atoms with Gasteiger partial charge >= 0.3 is 0 Å². The third-order valence-electron chi connectivity index (χ3n) is 5.12. The summed E-state index contributed by atoms with van der Waals surface area (Å²) in [5.41, 5.74) is 13.5. The van der Waals surface area contributed by atoms with Crippen molar-refractivity contribution in [3.8, 4) is 0 Å². The van der Waals surface area contributed by atoms with Gasteiger partial charge in [-0.2, -0.15) is 0 Å². The van der Waals surface area contributed by atoms with Crippen LogP contribution in [-0.4, -0.2) is 0 Å². The number of aryl methyl sites for hydroxylation is 2. The fraction of sp³-hybridized carbons (Fsp3) is 0.0833. The first-order valence-electron chi connectivity index (χ1n) is 8.46. The molecule has 0 radical (unpaired) electrons. The van der Waals surface area contributed by atoms with Crippen molar-refractivity contribution in [2.24, 2.45) is 0 Å². The third kappa shape index (κ3) is 1.80. The molecule has 0 bridgehead atoms. The maximum absolute atomic E-state index is 2.35. The first-order chi connectivity index (χ1) is 11.7. The third-order valence-corrected chi connectivity index (χ3v) is 5.12. The summed E-state index contributed by atoms with van der Waals surface area (Å²) in [6, 6.07) is 24.5. The molecule has 0 saturated carbocycles. The standard InChI is InChI=1S/C24H18/c1-15-7-10-17(11-8-15)23-21-13-16(2)9-12-20(21)22-14-18-5-3-4-6-19(18)24(22)23/h3-14H,1-2H3. The molecule has 2 aliphatic carbocycles. The van der Waals surface area contributed by atoms with E-state index in [9.17, 15) is 0 Å². The average molecular weight is 306 g/mol. The molecule has 3 aromatic carbocycles. The highest BCUT2D eigenvalue weighted by Crippen LogP contribution is 2.53. The summed E-state index contributed by atoms with van der Waals surface area (Å²) in [6.45, 7) is 4.32. The van der Waals surface area contributed by atoms with Crippen LogP contribution in [0.1, 0.15) is 38.9 Å². The van der Waals surface area contributed by atoms with Gasteiger partial charge in [0.1, 0.15) is 0 Å². The molecule has 0 amide bonds. The molecule has 0 aromatic heterocycles. The first-order valence-corrected chi connectivity index (χ1v) is 8.46. The summed E-state index contributed by atoms with van der Waals surface area (Å²) >= 11 is 0.